The van der Waals surface area contributed by atoms with Gasteiger partial charge in [0.05, 0.1) is 17.1 Å². The van der Waals surface area contributed by atoms with Gasteiger partial charge in [0.2, 0.25) is 11.8 Å². The van der Waals surface area contributed by atoms with Crippen LogP contribution in [0, 0.1) is 6.92 Å². The Balaban J connectivity index is 1.56. The predicted octanol–water partition coefficient (Wildman–Crippen LogP) is 1.86. The smallest absolute Gasteiger partial charge is 0.224 e. The maximum atomic E-state index is 11.7. The molecule has 1 aromatic heterocycles. The highest BCUT2D eigenvalue weighted by Crippen LogP contribution is 2.07. The van der Waals surface area contributed by atoms with Crippen LogP contribution in [0.1, 0.15) is 22.7 Å². The van der Waals surface area contributed by atoms with Gasteiger partial charge in [-0.3, -0.25) is 9.59 Å². The quantitative estimate of drug-likeness (QED) is 0.775. The molecule has 2 rings (SSSR count). The Bertz CT molecular complexity index is 640. The second-order valence-electron chi connectivity index (χ2n) is 5.22. The summed E-state index contributed by atoms with van der Waals surface area (Å²) in [5.41, 5.74) is 1.97. The standard InChI is InChI=1S/C17H21N3O2S/c1-13-20-15(12-23-13)7-9-18-16(21)8-10-19-17(22)11-14-5-3-2-4-6-14/h2-6,12H,7-11H2,1H3,(H,18,21)(H,19,22). The second kappa shape index (κ2) is 9.05. The molecular weight excluding hydrogens is 310 g/mol. The molecule has 0 fully saturated rings. The first-order chi connectivity index (χ1) is 11.1. The summed E-state index contributed by atoms with van der Waals surface area (Å²) < 4.78 is 0. The zero-order chi connectivity index (χ0) is 16.5. The van der Waals surface area contributed by atoms with Crippen LogP contribution in [0.5, 0.6) is 0 Å². The third-order valence-corrected chi connectivity index (χ3v) is 4.07. The van der Waals surface area contributed by atoms with Crippen molar-refractivity contribution in [1.82, 2.24) is 15.6 Å². The summed E-state index contributed by atoms with van der Waals surface area (Å²) in [5.74, 6) is -0.126. The summed E-state index contributed by atoms with van der Waals surface area (Å²) in [5, 5.41) is 8.64. The van der Waals surface area contributed by atoms with E-state index in [9.17, 15) is 9.59 Å². The van der Waals surface area contributed by atoms with Gasteiger partial charge in [0.25, 0.3) is 0 Å². The molecule has 2 N–H and O–H groups in total. The summed E-state index contributed by atoms with van der Waals surface area (Å²) in [6.45, 7) is 2.89. The first-order valence-corrected chi connectivity index (χ1v) is 8.50. The van der Waals surface area contributed by atoms with E-state index in [1.807, 2.05) is 42.6 Å². The van der Waals surface area contributed by atoms with Crippen molar-refractivity contribution in [1.29, 1.82) is 0 Å². The number of aryl methyl sites for hydroxylation is 1. The van der Waals surface area contributed by atoms with Crippen LogP contribution in [0.3, 0.4) is 0 Å². The van der Waals surface area contributed by atoms with E-state index >= 15 is 0 Å². The molecular formula is C17H21N3O2S. The van der Waals surface area contributed by atoms with E-state index < -0.39 is 0 Å². The van der Waals surface area contributed by atoms with Crippen LogP contribution < -0.4 is 10.6 Å². The van der Waals surface area contributed by atoms with E-state index in [2.05, 4.69) is 15.6 Å². The van der Waals surface area contributed by atoms with Gasteiger partial charge in [-0.05, 0) is 12.5 Å². The maximum absolute atomic E-state index is 11.7. The molecule has 0 radical (unpaired) electrons. The molecule has 122 valence electrons. The summed E-state index contributed by atoms with van der Waals surface area (Å²) in [4.78, 5) is 27.8. The number of hydrogen-bond donors (Lipinski definition) is 2. The molecule has 0 aliphatic rings. The number of carbonyl (C=O) groups is 2. The molecule has 0 saturated carbocycles. The van der Waals surface area contributed by atoms with Gasteiger partial charge in [-0.1, -0.05) is 30.3 Å². The fourth-order valence-electron chi connectivity index (χ4n) is 2.10. The Morgan fingerprint density at radius 2 is 1.83 bits per heavy atom. The van der Waals surface area contributed by atoms with Gasteiger partial charge in [-0.25, -0.2) is 4.98 Å². The van der Waals surface area contributed by atoms with Gasteiger partial charge in [-0.15, -0.1) is 11.3 Å². The van der Waals surface area contributed by atoms with Crippen molar-refractivity contribution < 1.29 is 9.59 Å². The first kappa shape index (κ1) is 17.1. The number of benzene rings is 1. The topological polar surface area (TPSA) is 71.1 Å². The largest absolute Gasteiger partial charge is 0.356 e. The number of carbonyl (C=O) groups excluding carboxylic acids is 2. The summed E-state index contributed by atoms with van der Waals surface area (Å²) in [6.07, 6.45) is 1.36. The molecule has 0 atom stereocenters. The fourth-order valence-corrected chi connectivity index (χ4v) is 2.75. The van der Waals surface area contributed by atoms with Gasteiger partial charge in [0, 0.05) is 31.3 Å². The van der Waals surface area contributed by atoms with Crippen molar-refractivity contribution in [3.8, 4) is 0 Å². The van der Waals surface area contributed by atoms with Crippen LogP contribution in [-0.2, 0) is 22.4 Å². The maximum Gasteiger partial charge on any atom is 0.224 e. The number of hydrogen-bond acceptors (Lipinski definition) is 4. The lowest BCUT2D eigenvalue weighted by molar-refractivity contribution is -0.122. The molecule has 0 aliphatic heterocycles. The lowest BCUT2D eigenvalue weighted by Gasteiger charge is -2.06. The molecule has 1 heterocycles. The Labute approximate surface area is 140 Å². The van der Waals surface area contributed by atoms with Gasteiger partial charge in [0.1, 0.15) is 0 Å². The highest BCUT2D eigenvalue weighted by molar-refractivity contribution is 7.09. The Kier molecular flexibility index (Phi) is 6.75. The van der Waals surface area contributed by atoms with Crippen molar-refractivity contribution in [2.75, 3.05) is 13.1 Å². The lowest BCUT2D eigenvalue weighted by Crippen LogP contribution is -2.32. The normalized spacial score (nSPS) is 10.3. The lowest BCUT2D eigenvalue weighted by atomic mass is 10.1. The molecule has 0 bridgehead atoms. The minimum atomic E-state index is -0.0676. The van der Waals surface area contributed by atoms with Crippen molar-refractivity contribution >= 4 is 23.2 Å². The van der Waals surface area contributed by atoms with E-state index in [4.69, 9.17) is 0 Å². The number of amides is 2. The SMILES string of the molecule is Cc1nc(CCNC(=O)CCNC(=O)Cc2ccccc2)cs1. The minimum absolute atomic E-state index is 0.0584. The Morgan fingerprint density at radius 3 is 2.52 bits per heavy atom. The van der Waals surface area contributed by atoms with Gasteiger partial charge >= 0.3 is 0 Å². The minimum Gasteiger partial charge on any atom is -0.356 e. The van der Waals surface area contributed by atoms with E-state index in [-0.39, 0.29) is 18.2 Å². The van der Waals surface area contributed by atoms with Crippen molar-refractivity contribution in [2.24, 2.45) is 0 Å². The van der Waals surface area contributed by atoms with Crippen molar-refractivity contribution in [2.45, 2.75) is 26.2 Å². The number of nitrogens with zero attached hydrogens (tertiary/aromatic N) is 1. The Hall–Kier alpha value is -2.21. The van der Waals surface area contributed by atoms with Gasteiger partial charge < -0.3 is 10.6 Å². The van der Waals surface area contributed by atoms with Crippen LogP contribution >= 0.6 is 11.3 Å². The molecule has 0 saturated heterocycles. The van der Waals surface area contributed by atoms with E-state index in [1.165, 1.54) is 0 Å². The number of aromatic nitrogens is 1. The van der Waals surface area contributed by atoms with Crippen LogP contribution in [0.15, 0.2) is 35.7 Å². The summed E-state index contributed by atoms with van der Waals surface area (Å²) >= 11 is 1.61. The van der Waals surface area contributed by atoms with Crippen molar-refractivity contribution in [3.63, 3.8) is 0 Å². The van der Waals surface area contributed by atoms with Crippen LogP contribution in [0.25, 0.3) is 0 Å². The highest BCUT2D eigenvalue weighted by atomic mass is 32.1. The third kappa shape index (κ3) is 6.61. The van der Waals surface area contributed by atoms with E-state index in [1.54, 1.807) is 11.3 Å². The number of nitrogens with one attached hydrogen (secondary N) is 2. The molecule has 0 unspecified atom stereocenters. The highest BCUT2D eigenvalue weighted by Gasteiger charge is 2.05. The molecule has 0 spiro atoms. The van der Waals surface area contributed by atoms with Gasteiger partial charge in [0.15, 0.2) is 0 Å². The fraction of sp³-hybridized carbons (Fsp3) is 0.353. The van der Waals surface area contributed by atoms with Crippen LogP contribution in [0.4, 0.5) is 0 Å². The van der Waals surface area contributed by atoms with E-state index in [0.717, 1.165) is 22.7 Å². The first-order valence-electron chi connectivity index (χ1n) is 7.62. The van der Waals surface area contributed by atoms with Crippen LogP contribution in [0.2, 0.25) is 0 Å². The predicted molar refractivity (Wildman–Crippen MR) is 91.3 cm³/mol. The molecule has 5 nitrogen and oxygen atoms in total. The molecule has 23 heavy (non-hydrogen) atoms. The average Bonchev–Trinajstić information content (AvgIpc) is 2.94. The molecule has 0 aliphatic carbocycles. The van der Waals surface area contributed by atoms with Crippen LogP contribution in [-0.4, -0.2) is 29.9 Å². The zero-order valence-electron chi connectivity index (χ0n) is 13.2. The number of thiazole rings is 1. The molecule has 6 heteroatoms. The molecule has 2 aromatic rings. The monoisotopic (exact) mass is 331 g/mol. The number of rotatable bonds is 8. The summed E-state index contributed by atoms with van der Waals surface area (Å²) in [6, 6.07) is 9.54. The third-order valence-electron chi connectivity index (χ3n) is 3.25. The Morgan fingerprint density at radius 1 is 1.09 bits per heavy atom. The average molecular weight is 331 g/mol. The van der Waals surface area contributed by atoms with Gasteiger partial charge in [-0.2, -0.15) is 0 Å². The zero-order valence-corrected chi connectivity index (χ0v) is 14.0. The second-order valence-corrected chi connectivity index (χ2v) is 6.28. The van der Waals surface area contributed by atoms with Crippen molar-refractivity contribution in [3.05, 3.63) is 52.0 Å². The van der Waals surface area contributed by atoms with E-state index in [0.29, 0.717) is 19.5 Å². The summed E-state index contributed by atoms with van der Waals surface area (Å²) in [7, 11) is 0. The molecule has 2 amide bonds. The molecule has 1 aromatic carbocycles.